The Balaban J connectivity index is 2.42. The number of hydrogen-bond donors (Lipinski definition) is 2. The SMILES string of the molecule is CCOCC(O)Cn1ccnc1CN. The molecule has 0 radical (unpaired) electrons. The molecule has 1 aromatic rings. The van der Waals surface area contributed by atoms with E-state index in [2.05, 4.69) is 4.98 Å². The summed E-state index contributed by atoms with van der Waals surface area (Å²) in [6.45, 7) is 3.72. The fraction of sp³-hybridized carbons (Fsp3) is 0.667. The smallest absolute Gasteiger partial charge is 0.122 e. The van der Waals surface area contributed by atoms with Gasteiger partial charge < -0.3 is 20.1 Å². The van der Waals surface area contributed by atoms with E-state index in [1.54, 1.807) is 12.4 Å². The van der Waals surface area contributed by atoms with Gasteiger partial charge in [0.05, 0.1) is 25.8 Å². The highest BCUT2D eigenvalue weighted by molar-refractivity contribution is 4.91. The Morgan fingerprint density at radius 1 is 1.71 bits per heavy atom. The van der Waals surface area contributed by atoms with Crippen LogP contribution in [0.3, 0.4) is 0 Å². The zero-order valence-corrected chi connectivity index (χ0v) is 8.39. The van der Waals surface area contributed by atoms with E-state index in [1.807, 2.05) is 11.5 Å². The number of aromatic nitrogens is 2. The van der Waals surface area contributed by atoms with E-state index in [-0.39, 0.29) is 0 Å². The summed E-state index contributed by atoms with van der Waals surface area (Å²) in [4.78, 5) is 4.05. The number of imidazole rings is 1. The van der Waals surface area contributed by atoms with Crippen LogP contribution in [0.15, 0.2) is 12.4 Å². The summed E-state index contributed by atoms with van der Waals surface area (Å²) < 4.78 is 6.94. The molecule has 0 saturated heterocycles. The molecule has 1 unspecified atom stereocenters. The summed E-state index contributed by atoms with van der Waals surface area (Å²) in [5.41, 5.74) is 5.47. The molecule has 5 nitrogen and oxygen atoms in total. The van der Waals surface area contributed by atoms with Crippen molar-refractivity contribution in [3.05, 3.63) is 18.2 Å². The van der Waals surface area contributed by atoms with Gasteiger partial charge in [-0.1, -0.05) is 0 Å². The molecule has 0 saturated carbocycles. The molecule has 1 rings (SSSR count). The van der Waals surface area contributed by atoms with E-state index < -0.39 is 6.10 Å². The van der Waals surface area contributed by atoms with Crippen molar-refractivity contribution in [3.63, 3.8) is 0 Å². The quantitative estimate of drug-likeness (QED) is 0.662. The Kier molecular flexibility index (Phi) is 4.58. The molecular formula is C9H17N3O2. The molecule has 0 aromatic carbocycles. The van der Waals surface area contributed by atoms with Crippen molar-refractivity contribution in [3.8, 4) is 0 Å². The maximum atomic E-state index is 9.56. The molecule has 3 N–H and O–H groups in total. The number of aliphatic hydroxyl groups is 1. The van der Waals surface area contributed by atoms with Crippen LogP contribution >= 0.6 is 0 Å². The first kappa shape index (κ1) is 11.2. The van der Waals surface area contributed by atoms with Crippen LogP contribution in [0, 0.1) is 0 Å². The standard InChI is InChI=1S/C9H17N3O2/c1-2-14-7-8(13)6-12-4-3-11-9(12)5-10/h3-4,8,13H,2,5-7,10H2,1H3. The van der Waals surface area contributed by atoms with E-state index in [9.17, 15) is 5.11 Å². The lowest BCUT2D eigenvalue weighted by Crippen LogP contribution is -2.23. The lowest BCUT2D eigenvalue weighted by atomic mass is 10.3. The fourth-order valence-corrected chi connectivity index (χ4v) is 1.23. The van der Waals surface area contributed by atoms with E-state index in [4.69, 9.17) is 10.5 Å². The molecule has 5 heteroatoms. The predicted molar refractivity (Wildman–Crippen MR) is 52.6 cm³/mol. The zero-order chi connectivity index (χ0) is 10.4. The van der Waals surface area contributed by atoms with Crippen molar-refractivity contribution >= 4 is 0 Å². The molecule has 0 amide bonds. The van der Waals surface area contributed by atoms with Crippen LogP contribution in [0.4, 0.5) is 0 Å². The largest absolute Gasteiger partial charge is 0.389 e. The van der Waals surface area contributed by atoms with Crippen LogP contribution in [0.5, 0.6) is 0 Å². The molecule has 0 aliphatic rings. The van der Waals surface area contributed by atoms with Gasteiger partial charge in [0, 0.05) is 19.0 Å². The number of ether oxygens (including phenoxy) is 1. The predicted octanol–water partition coefficient (Wildman–Crippen LogP) is -0.261. The van der Waals surface area contributed by atoms with E-state index in [0.717, 1.165) is 5.82 Å². The summed E-state index contributed by atoms with van der Waals surface area (Å²) in [5.74, 6) is 0.778. The second-order valence-electron chi connectivity index (χ2n) is 3.01. The number of aliphatic hydroxyl groups excluding tert-OH is 1. The molecule has 1 atom stereocenters. The second kappa shape index (κ2) is 5.74. The zero-order valence-electron chi connectivity index (χ0n) is 8.39. The highest BCUT2D eigenvalue weighted by Gasteiger charge is 2.07. The van der Waals surface area contributed by atoms with Gasteiger partial charge in [0.1, 0.15) is 5.82 Å². The third-order valence-corrected chi connectivity index (χ3v) is 1.91. The molecule has 0 bridgehead atoms. The topological polar surface area (TPSA) is 73.3 Å². The van der Waals surface area contributed by atoms with Gasteiger partial charge in [-0.05, 0) is 6.92 Å². The molecule has 0 spiro atoms. The molecular weight excluding hydrogens is 182 g/mol. The minimum Gasteiger partial charge on any atom is -0.389 e. The second-order valence-corrected chi connectivity index (χ2v) is 3.01. The normalized spacial score (nSPS) is 13.1. The molecule has 0 aliphatic heterocycles. The van der Waals surface area contributed by atoms with Crippen LogP contribution in [0.25, 0.3) is 0 Å². The van der Waals surface area contributed by atoms with E-state index in [1.165, 1.54) is 0 Å². The van der Waals surface area contributed by atoms with Crippen molar-refractivity contribution in [2.24, 2.45) is 5.73 Å². The molecule has 80 valence electrons. The highest BCUT2D eigenvalue weighted by Crippen LogP contribution is 1.99. The van der Waals surface area contributed by atoms with Gasteiger partial charge in [0.15, 0.2) is 0 Å². The number of rotatable bonds is 6. The Labute approximate surface area is 83.5 Å². The summed E-state index contributed by atoms with van der Waals surface area (Å²) >= 11 is 0. The van der Waals surface area contributed by atoms with Gasteiger partial charge in [-0.3, -0.25) is 0 Å². The van der Waals surface area contributed by atoms with Crippen LogP contribution < -0.4 is 5.73 Å². The lowest BCUT2D eigenvalue weighted by Gasteiger charge is -2.12. The summed E-state index contributed by atoms with van der Waals surface area (Å²) in [6, 6.07) is 0. The summed E-state index contributed by atoms with van der Waals surface area (Å²) in [5, 5.41) is 9.56. The Hall–Kier alpha value is -0.910. The van der Waals surface area contributed by atoms with Crippen LogP contribution in [0.2, 0.25) is 0 Å². The van der Waals surface area contributed by atoms with Gasteiger partial charge in [0.25, 0.3) is 0 Å². The van der Waals surface area contributed by atoms with Crippen LogP contribution in [-0.4, -0.2) is 34.0 Å². The average Bonchev–Trinajstić information content (AvgIpc) is 2.62. The van der Waals surface area contributed by atoms with Crippen molar-refractivity contribution in [2.75, 3.05) is 13.2 Å². The van der Waals surface area contributed by atoms with Gasteiger partial charge >= 0.3 is 0 Å². The van der Waals surface area contributed by atoms with E-state index >= 15 is 0 Å². The maximum Gasteiger partial charge on any atom is 0.122 e. The Bertz CT molecular complexity index is 262. The summed E-state index contributed by atoms with van der Waals surface area (Å²) in [7, 11) is 0. The van der Waals surface area contributed by atoms with Crippen LogP contribution in [-0.2, 0) is 17.8 Å². The monoisotopic (exact) mass is 199 g/mol. The van der Waals surface area contributed by atoms with E-state index in [0.29, 0.717) is 26.3 Å². The molecule has 0 aliphatic carbocycles. The van der Waals surface area contributed by atoms with Crippen LogP contribution in [0.1, 0.15) is 12.7 Å². The van der Waals surface area contributed by atoms with Crippen molar-refractivity contribution in [1.82, 2.24) is 9.55 Å². The number of nitrogens with two attached hydrogens (primary N) is 1. The number of hydrogen-bond acceptors (Lipinski definition) is 4. The Morgan fingerprint density at radius 3 is 3.14 bits per heavy atom. The minimum absolute atomic E-state index is 0.346. The first-order valence-corrected chi connectivity index (χ1v) is 4.73. The number of nitrogens with zero attached hydrogens (tertiary/aromatic N) is 2. The van der Waals surface area contributed by atoms with Gasteiger partial charge in [-0.15, -0.1) is 0 Å². The van der Waals surface area contributed by atoms with Crippen molar-refractivity contribution < 1.29 is 9.84 Å². The summed E-state index contributed by atoms with van der Waals surface area (Å²) in [6.07, 6.45) is 2.97. The molecule has 0 fully saturated rings. The lowest BCUT2D eigenvalue weighted by molar-refractivity contribution is 0.0331. The molecule has 1 heterocycles. The Morgan fingerprint density at radius 2 is 2.50 bits per heavy atom. The average molecular weight is 199 g/mol. The first-order valence-electron chi connectivity index (χ1n) is 4.73. The van der Waals surface area contributed by atoms with Gasteiger partial charge in [-0.2, -0.15) is 0 Å². The minimum atomic E-state index is -0.505. The third kappa shape index (κ3) is 3.10. The van der Waals surface area contributed by atoms with Gasteiger partial charge in [0.2, 0.25) is 0 Å². The molecule has 14 heavy (non-hydrogen) atoms. The maximum absolute atomic E-state index is 9.56. The van der Waals surface area contributed by atoms with Crippen molar-refractivity contribution in [2.45, 2.75) is 26.1 Å². The third-order valence-electron chi connectivity index (χ3n) is 1.91. The van der Waals surface area contributed by atoms with Gasteiger partial charge in [-0.25, -0.2) is 4.98 Å². The fourth-order valence-electron chi connectivity index (χ4n) is 1.23. The van der Waals surface area contributed by atoms with Crippen molar-refractivity contribution in [1.29, 1.82) is 0 Å². The first-order chi connectivity index (χ1) is 6.77. The highest BCUT2D eigenvalue weighted by atomic mass is 16.5. The molecule has 1 aromatic heterocycles.